The summed E-state index contributed by atoms with van der Waals surface area (Å²) in [5.74, 6) is 0.248. The van der Waals surface area contributed by atoms with E-state index >= 15 is 0 Å². The van der Waals surface area contributed by atoms with Crippen LogP contribution in [0.3, 0.4) is 0 Å². The van der Waals surface area contributed by atoms with Crippen molar-refractivity contribution in [1.82, 2.24) is 10.2 Å². The molecule has 18 heavy (non-hydrogen) atoms. The molecule has 2 saturated heterocycles. The molecular weight excluding hydrogens is 228 g/mol. The number of nitrogens with one attached hydrogen (secondary N) is 1. The van der Waals surface area contributed by atoms with Gasteiger partial charge in [0.05, 0.1) is 5.41 Å². The number of carbonyl (C=O) groups is 2. The molecule has 2 unspecified atom stereocenters. The highest BCUT2D eigenvalue weighted by molar-refractivity contribution is 6.05. The third-order valence-corrected chi connectivity index (χ3v) is 4.69. The summed E-state index contributed by atoms with van der Waals surface area (Å²) in [5.41, 5.74) is -0.486. The van der Waals surface area contributed by atoms with Crippen LogP contribution < -0.4 is 5.32 Å². The first kappa shape index (κ1) is 13.5. The van der Waals surface area contributed by atoms with E-state index in [0.717, 1.165) is 19.4 Å². The number of carbonyl (C=O) groups excluding carboxylic acids is 2. The molecule has 0 aliphatic carbocycles. The van der Waals surface area contributed by atoms with E-state index in [1.807, 2.05) is 20.8 Å². The molecule has 2 amide bonds. The van der Waals surface area contributed by atoms with Crippen LogP contribution in [0.1, 0.15) is 46.5 Å². The Morgan fingerprint density at radius 1 is 1.44 bits per heavy atom. The maximum atomic E-state index is 12.4. The zero-order valence-corrected chi connectivity index (χ0v) is 11.7. The standard InChI is InChI=1S/C14H24N2O2/c1-10(2)14(3)9-12(17)16(13(14)18)8-6-11-5-4-7-15-11/h10-11,15H,4-9H2,1-3H3. The van der Waals surface area contributed by atoms with Gasteiger partial charge in [-0.2, -0.15) is 0 Å². The van der Waals surface area contributed by atoms with E-state index in [-0.39, 0.29) is 17.7 Å². The fraction of sp³-hybridized carbons (Fsp3) is 0.857. The highest BCUT2D eigenvalue weighted by Gasteiger charge is 2.49. The van der Waals surface area contributed by atoms with Gasteiger partial charge in [0.25, 0.3) is 0 Å². The molecule has 2 rings (SSSR count). The van der Waals surface area contributed by atoms with E-state index in [1.54, 1.807) is 0 Å². The Bertz CT molecular complexity index is 348. The molecule has 102 valence electrons. The van der Waals surface area contributed by atoms with E-state index in [2.05, 4.69) is 5.32 Å². The normalized spacial score (nSPS) is 32.9. The Morgan fingerprint density at radius 3 is 2.67 bits per heavy atom. The molecule has 2 aliphatic rings. The Morgan fingerprint density at radius 2 is 2.17 bits per heavy atom. The van der Waals surface area contributed by atoms with Crippen LogP contribution in [0, 0.1) is 11.3 Å². The first-order valence-electron chi connectivity index (χ1n) is 7.03. The quantitative estimate of drug-likeness (QED) is 0.772. The van der Waals surface area contributed by atoms with Gasteiger partial charge in [-0.25, -0.2) is 0 Å². The summed E-state index contributed by atoms with van der Waals surface area (Å²) in [6.07, 6.45) is 3.64. The van der Waals surface area contributed by atoms with Crippen molar-refractivity contribution in [3.63, 3.8) is 0 Å². The smallest absolute Gasteiger partial charge is 0.235 e. The number of likely N-dealkylation sites (tertiary alicyclic amines) is 1. The van der Waals surface area contributed by atoms with Gasteiger partial charge in [0, 0.05) is 19.0 Å². The molecule has 0 aromatic heterocycles. The lowest BCUT2D eigenvalue weighted by Crippen LogP contribution is -2.39. The molecule has 0 bridgehead atoms. The summed E-state index contributed by atoms with van der Waals surface area (Å²) >= 11 is 0. The molecule has 4 nitrogen and oxygen atoms in total. The lowest BCUT2D eigenvalue weighted by atomic mass is 9.78. The minimum absolute atomic E-state index is 0.00852. The summed E-state index contributed by atoms with van der Waals surface area (Å²) in [7, 11) is 0. The van der Waals surface area contributed by atoms with Crippen LogP contribution in [-0.4, -0.2) is 35.8 Å². The summed E-state index contributed by atoms with van der Waals surface area (Å²) < 4.78 is 0. The molecule has 0 radical (unpaired) electrons. The van der Waals surface area contributed by atoms with Crippen molar-refractivity contribution < 1.29 is 9.59 Å². The van der Waals surface area contributed by atoms with E-state index in [1.165, 1.54) is 11.3 Å². The first-order chi connectivity index (χ1) is 8.45. The van der Waals surface area contributed by atoms with Gasteiger partial charge in [-0.05, 0) is 38.6 Å². The van der Waals surface area contributed by atoms with Crippen molar-refractivity contribution >= 4 is 11.8 Å². The maximum absolute atomic E-state index is 12.4. The van der Waals surface area contributed by atoms with Crippen LogP contribution in [0.2, 0.25) is 0 Å². The van der Waals surface area contributed by atoms with Gasteiger partial charge in [0.1, 0.15) is 0 Å². The summed E-state index contributed by atoms with van der Waals surface area (Å²) in [6, 6.07) is 0.483. The molecule has 0 spiro atoms. The second kappa shape index (κ2) is 5.00. The van der Waals surface area contributed by atoms with Crippen LogP contribution >= 0.6 is 0 Å². The number of nitrogens with zero attached hydrogens (tertiary/aromatic N) is 1. The summed E-state index contributed by atoms with van der Waals surface area (Å²) in [6.45, 7) is 7.61. The second-order valence-electron chi connectivity index (χ2n) is 6.18. The van der Waals surface area contributed by atoms with Gasteiger partial charge in [-0.1, -0.05) is 13.8 Å². The SMILES string of the molecule is CC(C)C1(C)CC(=O)N(CCC2CCCN2)C1=O. The van der Waals surface area contributed by atoms with Crippen LogP contribution in [0.5, 0.6) is 0 Å². The lowest BCUT2D eigenvalue weighted by Gasteiger charge is -2.26. The molecule has 2 aliphatic heterocycles. The van der Waals surface area contributed by atoms with Gasteiger partial charge in [-0.3, -0.25) is 14.5 Å². The zero-order valence-electron chi connectivity index (χ0n) is 11.7. The second-order valence-corrected chi connectivity index (χ2v) is 6.18. The number of amides is 2. The molecule has 0 aromatic rings. The topological polar surface area (TPSA) is 49.4 Å². The van der Waals surface area contributed by atoms with Crippen molar-refractivity contribution in [2.45, 2.75) is 52.5 Å². The highest BCUT2D eigenvalue weighted by atomic mass is 16.2. The Balaban J connectivity index is 1.96. The zero-order chi connectivity index (χ0) is 13.3. The van der Waals surface area contributed by atoms with Gasteiger partial charge < -0.3 is 5.32 Å². The summed E-state index contributed by atoms with van der Waals surface area (Å²) in [4.78, 5) is 25.8. The molecule has 2 heterocycles. The average molecular weight is 252 g/mol. The molecular formula is C14H24N2O2. The third kappa shape index (κ3) is 2.30. The van der Waals surface area contributed by atoms with Crippen molar-refractivity contribution in [3.8, 4) is 0 Å². The monoisotopic (exact) mass is 252 g/mol. The maximum Gasteiger partial charge on any atom is 0.235 e. The first-order valence-corrected chi connectivity index (χ1v) is 7.03. The Hall–Kier alpha value is -0.900. The van der Waals surface area contributed by atoms with Crippen molar-refractivity contribution in [1.29, 1.82) is 0 Å². The van der Waals surface area contributed by atoms with E-state index in [0.29, 0.717) is 19.0 Å². The predicted molar refractivity (Wildman–Crippen MR) is 69.9 cm³/mol. The van der Waals surface area contributed by atoms with E-state index in [4.69, 9.17) is 0 Å². The number of rotatable bonds is 4. The van der Waals surface area contributed by atoms with Crippen LogP contribution in [-0.2, 0) is 9.59 Å². The fourth-order valence-electron chi connectivity index (χ4n) is 2.87. The Kier molecular flexibility index (Phi) is 3.76. The van der Waals surface area contributed by atoms with Crippen LogP contribution in [0.25, 0.3) is 0 Å². The molecule has 2 atom stereocenters. The average Bonchev–Trinajstić information content (AvgIpc) is 2.87. The van der Waals surface area contributed by atoms with Crippen molar-refractivity contribution in [3.05, 3.63) is 0 Å². The van der Waals surface area contributed by atoms with E-state index < -0.39 is 5.41 Å². The van der Waals surface area contributed by atoms with Gasteiger partial charge in [0.2, 0.25) is 11.8 Å². The minimum atomic E-state index is -0.486. The van der Waals surface area contributed by atoms with Gasteiger partial charge in [0.15, 0.2) is 0 Å². The minimum Gasteiger partial charge on any atom is -0.314 e. The highest BCUT2D eigenvalue weighted by Crippen LogP contribution is 2.39. The largest absolute Gasteiger partial charge is 0.314 e. The van der Waals surface area contributed by atoms with Crippen LogP contribution in [0.4, 0.5) is 0 Å². The molecule has 0 saturated carbocycles. The fourth-order valence-corrected chi connectivity index (χ4v) is 2.87. The van der Waals surface area contributed by atoms with Crippen molar-refractivity contribution in [2.75, 3.05) is 13.1 Å². The van der Waals surface area contributed by atoms with Crippen LogP contribution in [0.15, 0.2) is 0 Å². The van der Waals surface area contributed by atoms with Gasteiger partial charge in [-0.15, -0.1) is 0 Å². The number of imide groups is 1. The number of hydrogen-bond donors (Lipinski definition) is 1. The number of hydrogen-bond acceptors (Lipinski definition) is 3. The molecule has 4 heteroatoms. The Labute approximate surface area is 109 Å². The van der Waals surface area contributed by atoms with E-state index in [9.17, 15) is 9.59 Å². The molecule has 0 aromatic carbocycles. The lowest BCUT2D eigenvalue weighted by molar-refractivity contribution is -0.142. The summed E-state index contributed by atoms with van der Waals surface area (Å²) in [5, 5.41) is 3.40. The molecule has 1 N–H and O–H groups in total. The molecule has 2 fully saturated rings. The predicted octanol–water partition coefficient (Wildman–Crippen LogP) is 1.55. The van der Waals surface area contributed by atoms with Crippen molar-refractivity contribution in [2.24, 2.45) is 11.3 Å². The third-order valence-electron chi connectivity index (χ3n) is 4.69. The van der Waals surface area contributed by atoms with Gasteiger partial charge >= 0.3 is 0 Å².